The molecule has 2 unspecified atom stereocenters. The summed E-state index contributed by atoms with van der Waals surface area (Å²) in [6.45, 7) is 7.56. The Bertz CT molecular complexity index is 468. The molecule has 0 saturated carbocycles. The molecule has 0 bridgehead atoms. The Kier molecular flexibility index (Phi) is 4.59. The number of hydrogen-bond donors (Lipinski definition) is 1. The summed E-state index contributed by atoms with van der Waals surface area (Å²) in [6, 6.07) is 2.06. The summed E-state index contributed by atoms with van der Waals surface area (Å²) >= 11 is 0. The van der Waals surface area contributed by atoms with Gasteiger partial charge in [0.1, 0.15) is 0 Å². The Labute approximate surface area is 115 Å². The molecule has 1 heterocycles. The molecule has 0 aliphatic heterocycles. The van der Waals surface area contributed by atoms with Gasteiger partial charge in [0.15, 0.2) is 0 Å². The molecule has 0 saturated heterocycles. The molecule has 0 amide bonds. The van der Waals surface area contributed by atoms with Crippen LogP contribution in [0.1, 0.15) is 36.6 Å². The smallest absolute Gasteiger partial charge is 0.218 e. The first-order valence-corrected chi connectivity index (χ1v) is 7.06. The first-order valence-electron chi connectivity index (χ1n) is 7.06. The van der Waals surface area contributed by atoms with E-state index >= 15 is 0 Å². The number of ether oxygens (including phenoxy) is 1. The standard InChI is InChI=1S/C16H24N2O/c1-11-6-4-5-7-14(11)10-19-16-15(9-17)12(2)8-13(3)18-16/h4-5,8,11,14H,6-7,9-10,17H2,1-3H3. The summed E-state index contributed by atoms with van der Waals surface area (Å²) in [7, 11) is 0. The summed E-state index contributed by atoms with van der Waals surface area (Å²) in [6.07, 6.45) is 6.77. The monoisotopic (exact) mass is 260 g/mol. The predicted octanol–water partition coefficient (Wildman–Crippen LogP) is 3.14. The van der Waals surface area contributed by atoms with Crippen LogP contribution in [0.2, 0.25) is 0 Å². The summed E-state index contributed by atoms with van der Waals surface area (Å²) in [4.78, 5) is 4.49. The number of allylic oxidation sites excluding steroid dienone is 2. The molecule has 19 heavy (non-hydrogen) atoms. The van der Waals surface area contributed by atoms with Gasteiger partial charge >= 0.3 is 0 Å². The SMILES string of the molecule is Cc1cc(C)c(CN)c(OCC2CC=CCC2C)n1. The Hall–Kier alpha value is -1.35. The third-order valence-electron chi connectivity index (χ3n) is 3.99. The van der Waals surface area contributed by atoms with Gasteiger partial charge in [0.25, 0.3) is 0 Å². The predicted molar refractivity (Wildman–Crippen MR) is 78.1 cm³/mol. The molecule has 1 aromatic heterocycles. The van der Waals surface area contributed by atoms with Gasteiger partial charge in [0, 0.05) is 17.8 Å². The number of aryl methyl sites for hydroxylation is 2. The Morgan fingerprint density at radius 1 is 1.32 bits per heavy atom. The fourth-order valence-electron chi connectivity index (χ4n) is 2.62. The van der Waals surface area contributed by atoms with Crippen LogP contribution in [0.5, 0.6) is 5.88 Å². The second-order valence-electron chi connectivity index (χ2n) is 5.56. The highest BCUT2D eigenvalue weighted by atomic mass is 16.5. The second kappa shape index (κ2) is 6.20. The number of pyridine rings is 1. The molecule has 3 heteroatoms. The molecule has 2 N–H and O–H groups in total. The third-order valence-corrected chi connectivity index (χ3v) is 3.99. The highest BCUT2D eigenvalue weighted by Gasteiger charge is 2.20. The van der Waals surface area contributed by atoms with E-state index in [2.05, 4.69) is 37.0 Å². The zero-order valence-corrected chi connectivity index (χ0v) is 12.1. The maximum atomic E-state index is 5.97. The quantitative estimate of drug-likeness (QED) is 0.846. The van der Waals surface area contributed by atoms with Gasteiger partial charge in [-0.3, -0.25) is 0 Å². The van der Waals surface area contributed by atoms with Crippen LogP contribution >= 0.6 is 0 Å². The summed E-state index contributed by atoms with van der Waals surface area (Å²) in [5.74, 6) is 1.98. The van der Waals surface area contributed by atoms with Crippen molar-refractivity contribution in [2.75, 3.05) is 6.61 Å². The van der Waals surface area contributed by atoms with Crippen molar-refractivity contribution in [3.8, 4) is 5.88 Å². The van der Waals surface area contributed by atoms with Crippen LogP contribution in [0.3, 0.4) is 0 Å². The number of aromatic nitrogens is 1. The van der Waals surface area contributed by atoms with Gasteiger partial charge < -0.3 is 10.5 Å². The van der Waals surface area contributed by atoms with Crippen molar-refractivity contribution in [1.29, 1.82) is 0 Å². The number of hydrogen-bond acceptors (Lipinski definition) is 3. The van der Waals surface area contributed by atoms with Crippen molar-refractivity contribution in [3.05, 3.63) is 35.0 Å². The lowest BCUT2D eigenvalue weighted by Crippen LogP contribution is -2.22. The molecular formula is C16H24N2O. The van der Waals surface area contributed by atoms with Gasteiger partial charge in [-0.15, -0.1) is 0 Å². The molecular weight excluding hydrogens is 236 g/mol. The van der Waals surface area contributed by atoms with Crippen molar-refractivity contribution < 1.29 is 4.74 Å². The lowest BCUT2D eigenvalue weighted by molar-refractivity contribution is 0.191. The first kappa shape index (κ1) is 14.1. The first-order chi connectivity index (χ1) is 9.11. The minimum absolute atomic E-state index is 0.481. The van der Waals surface area contributed by atoms with Crippen LogP contribution in [0.15, 0.2) is 18.2 Å². The van der Waals surface area contributed by atoms with E-state index in [4.69, 9.17) is 10.5 Å². The van der Waals surface area contributed by atoms with Crippen molar-refractivity contribution >= 4 is 0 Å². The number of nitrogens with two attached hydrogens (primary N) is 1. The Morgan fingerprint density at radius 3 is 2.74 bits per heavy atom. The van der Waals surface area contributed by atoms with Gasteiger partial charge in [-0.2, -0.15) is 0 Å². The molecule has 3 nitrogen and oxygen atoms in total. The van der Waals surface area contributed by atoms with Crippen LogP contribution in [0.25, 0.3) is 0 Å². The van der Waals surface area contributed by atoms with E-state index in [-0.39, 0.29) is 0 Å². The average Bonchev–Trinajstić information content (AvgIpc) is 2.37. The van der Waals surface area contributed by atoms with Crippen molar-refractivity contribution in [2.45, 2.75) is 40.2 Å². The highest BCUT2D eigenvalue weighted by molar-refractivity contribution is 5.35. The topological polar surface area (TPSA) is 48.1 Å². The average molecular weight is 260 g/mol. The van der Waals surface area contributed by atoms with E-state index in [1.165, 1.54) is 5.56 Å². The van der Waals surface area contributed by atoms with Crippen molar-refractivity contribution in [2.24, 2.45) is 17.6 Å². The molecule has 1 aliphatic carbocycles. The minimum Gasteiger partial charge on any atom is -0.477 e. The molecule has 104 valence electrons. The van der Waals surface area contributed by atoms with E-state index in [9.17, 15) is 0 Å². The fourth-order valence-corrected chi connectivity index (χ4v) is 2.62. The van der Waals surface area contributed by atoms with Crippen molar-refractivity contribution in [1.82, 2.24) is 4.98 Å². The van der Waals surface area contributed by atoms with Crippen LogP contribution in [0.4, 0.5) is 0 Å². The van der Waals surface area contributed by atoms with Gasteiger partial charge in [-0.25, -0.2) is 4.98 Å². The molecule has 0 radical (unpaired) electrons. The van der Waals surface area contributed by atoms with E-state index < -0.39 is 0 Å². The molecule has 0 spiro atoms. The summed E-state index contributed by atoms with van der Waals surface area (Å²) in [5, 5.41) is 0. The zero-order valence-electron chi connectivity index (χ0n) is 12.1. The summed E-state index contributed by atoms with van der Waals surface area (Å²) < 4.78 is 5.97. The molecule has 2 rings (SSSR count). The zero-order chi connectivity index (χ0) is 13.8. The maximum Gasteiger partial charge on any atom is 0.218 e. The van der Waals surface area contributed by atoms with Crippen LogP contribution in [0, 0.1) is 25.7 Å². The Balaban J connectivity index is 2.08. The van der Waals surface area contributed by atoms with E-state index in [0.717, 1.165) is 36.6 Å². The van der Waals surface area contributed by atoms with Gasteiger partial charge in [0.05, 0.1) is 6.61 Å². The van der Waals surface area contributed by atoms with Crippen LogP contribution in [-0.4, -0.2) is 11.6 Å². The normalized spacial score (nSPS) is 22.5. The molecule has 0 fully saturated rings. The van der Waals surface area contributed by atoms with E-state index in [1.54, 1.807) is 0 Å². The highest BCUT2D eigenvalue weighted by Crippen LogP contribution is 2.27. The van der Waals surface area contributed by atoms with Crippen LogP contribution < -0.4 is 10.5 Å². The number of rotatable bonds is 4. The molecule has 0 aromatic carbocycles. The largest absolute Gasteiger partial charge is 0.477 e. The molecule has 1 aromatic rings. The maximum absolute atomic E-state index is 5.97. The van der Waals surface area contributed by atoms with Gasteiger partial charge in [0.2, 0.25) is 5.88 Å². The Morgan fingerprint density at radius 2 is 2.05 bits per heavy atom. The molecule has 1 aliphatic rings. The summed E-state index contributed by atoms with van der Waals surface area (Å²) in [5.41, 5.74) is 8.99. The minimum atomic E-state index is 0.481. The van der Waals surface area contributed by atoms with Gasteiger partial charge in [-0.05, 0) is 50.2 Å². The fraction of sp³-hybridized carbons (Fsp3) is 0.562. The molecule has 2 atom stereocenters. The third kappa shape index (κ3) is 3.35. The van der Waals surface area contributed by atoms with Gasteiger partial charge in [-0.1, -0.05) is 19.1 Å². The second-order valence-corrected chi connectivity index (χ2v) is 5.56. The van der Waals surface area contributed by atoms with Crippen molar-refractivity contribution in [3.63, 3.8) is 0 Å². The lowest BCUT2D eigenvalue weighted by atomic mass is 9.85. The lowest BCUT2D eigenvalue weighted by Gasteiger charge is -2.25. The van der Waals surface area contributed by atoms with E-state index in [0.29, 0.717) is 18.4 Å². The van der Waals surface area contributed by atoms with Crippen LogP contribution in [-0.2, 0) is 6.54 Å². The number of nitrogens with zero attached hydrogens (tertiary/aromatic N) is 1. The van der Waals surface area contributed by atoms with E-state index in [1.807, 2.05) is 6.92 Å².